The summed E-state index contributed by atoms with van der Waals surface area (Å²) in [6.45, 7) is 4.07. The highest BCUT2D eigenvalue weighted by molar-refractivity contribution is 7.92. The van der Waals surface area contributed by atoms with Crippen LogP contribution in [0.2, 0.25) is 0 Å². The van der Waals surface area contributed by atoms with Crippen molar-refractivity contribution in [1.82, 2.24) is 15.4 Å². The lowest BCUT2D eigenvalue weighted by atomic mass is 10.1. The van der Waals surface area contributed by atoms with Gasteiger partial charge in [0.15, 0.2) is 5.11 Å². The van der Waals surface area contributed by atoms with E-state index in [2.05, 4.69) is 15.4 Å². The van der Waals surface area contributed by atoms with Crippen LogP contribution in [0, 0.1) is 0 Å². The molecular formula is C19H25N3O4S3. The van der Waals surface area contributed by atoms with Gasteiger partial charge in [-0.25, -0.2) is 8.42 Å². The molecule has 0 fully saturated rings. The van der Waals surface area contributed by atoms with Gasteiger partial charge in [0.1, 0.15) is 10.6 Å². The molecule has 1 aromatic carbocycles. The van der Waals surface area contributed by atoms with Gasteiger partial charge in [0.2, 0.25) is 5.91 Å². The molecule has 158 valence electrons. The molecule has 10 heteroatoms. The van der Waals surface area contributed by atoms with Crippen molar-refractivity contribution in [3.05, 3.63) is 46.2 Å². The molecule has 7 nitrogen and oxygen atoms in total. The number of hydrogen-bond donors (Lipinski definition) is 3. The number of thiocarbonyl (C=S) groups is 1. The number of amides is 1. The van der Waals surface area contributed by atoms with Crippen molar-refractivity contribution in [3.63, 3.8) is 0 Å². The molecule has 0 saturated carbocycles. The van der Waals surface area contributed by atoms with Crippen molar-refractivity contribution < 1.29 is 17.9 Å². The van der Waals surface area contributed by atoms with Gasteiger partial charge in [-0.15, -0.1) is 0 Å². The number of carbonyl (C=O) groups is 1. The number of hydrogen-bond acceptors (Lipinski definition) is 6. The van der Waals surface area contributed by atoms with E-state index in [9.17, 15) is 13.2 Å². The second-order valence-electron chi connectivity index (χ2n) is 6.16. The summed E-state index contributed by atoms with van der Waals surface area (Å²) in [7, 11) is -2.43. The Labute approximate surface area is 180 Å². The van der Waals surface area contributed by atoms with Gasteiger partial charge < -0.3 is 15.4 Å². The highest BCUT2D eigenvalue weighted by Crippen LogP contribution is 2.26. The summed E-state index contributed by atoms with van der Waals surface area (Å²) in [4.78, 5) is 12.5. The predicted molar refractivity (Wildman–Crippen MR) is 119 cm³/mol. The molecule has 2 aromatic rings. The summed E-state index contributed by atoms with van der Waals surface area (Å²) in [5.74, 6) is 0.0158. The van der Waals surface area contributed by atoms with Gasteiger partial charge in [-0.3, -0.25) is 9.52 Å². The highest BCUT2D eigenvalue weighted by Gasteiger charge is 2.22. The van der Waals surface area contributed by atoms with E-state index in [4.69, 9.17) is 17.0 Å². The quantitative estimate of drug-likeness (QED) is 0.503. The highest BCUT2D eigenvalue weighted by atomic mass is 32.2. The van der Waals surface area contributed by atoms with Crippen LogP contribution in [0.15, 0.2) is 39.9 Å². The van der Waals surface area contributed by atoms with Crippen LogP contribution in [0.4, 0.5) is 0 Å². The van der Waals surface area contributed by atoms with Crippen LogP contribution in [-0.2, 0) is 21.2 Å². The van der Waals surface area contributed by atoms with Gasteiger partial charge >= 0.3 is 0 Å². The number of nitrogens with one attached hydrogen (secondary N) is 3. The number of ether oxygens (including phenoxy) is 1. The Morgan fingerprint density at radius 3 is 2.62 bits per heavy atom. The van der Waals surface area contributed by atoms with Crippen LogP contribution in [0.25, 0.3) is 0 Å². The minimum atomic E-state index is -3.95. The monoisotopic (exact) mass is 455 g/mol. The zero-order chi connectivity index (χ0) is 21.4. The third kappa shape index (κ3) is 6.41. The first kappa shape index (κ1) is 23.1. The van der Waals surface area contributed by atoms with Crippen molar-refractivity contribution in [2.75, 3.05) is 13.7 Å². The Balaban J connectivity index is 2.23. The molecule has 1 aromatic heterocycles. The summed E-state index contributed by atoms with van der Waals surface area (Å²) in [5.41, 5.74) is 1.62. The van der Waals surface area contributed by atoms with E-state index >= 15 is 0 Å². The number of sulfonamides is 1. The zero-order valence-corrected chi connectivity index (χ0v) is 19.0. The average Bonchev–Trinajstić information content (AvgIpc) is 3.21. The number of rotatable bonds is 9. The SMILES string of the molecule is CCOc1ccc(CC(=O)NC(CC)c2ccsc2)cc1S(=O)(=O)NC(=S)NC. The number of carbonyl (C=O) groups excluding carboxylic acids is 1. The van der Waals surface area contributed by atoms with Crippen LogP contribution < -0.4 is 20.1 Å². The fraction of sp³-hybridized carbons (Fsp3) is 0.368. The van der Waals surface area contributed by atoms with Gasteiger partial charge in [0.05, 0.1) is 19.1 Å². The molecule has 0 spiro atoms. The molecular weight excluding hydrogens is 430 g/mol. The lowest BCUT2D eigenvalue weighted by molar-refractivity contribution is -0.121. The maximum absolute atomic E-state index is 12.7. The fourth-order valence-electron chi connectivity index (χ4n) is 2.70. The lowest BCUT2D eigenvalue weighted by Crippen LogP contribution is -2.37. The largest absolute Gasteiger partial charge is 0.492 e. The van der Waals surface area contributed by atoms with Crippen LogP contribution >= 0.6 is 23.6 Å². The molecule has 29 heavy (non-hydrogen) atoms. The first-order chi connectivity index (χ1) is 13.8. The average molecular weight is 456 g/mol. The Morgan fingerprint density at radius 1 is 1.28 bits per heavy atom. The summed E-state index contributed by atoms with van der Waals surface area (Å²) in [6, 6.07) is 6.59. The normalized spacial score (nSPS) is 12.1. The van der Waals surface area contributed by atoms with Crippen molar-refractivity contribution in [1.29, 1.82) is 0 Å². The first-order valence-corrected chi connectivity index (χ1v) is 12.0. The van der Waals surface area contributed by atoms with Crippen LogP contribution in [0.3, 0.4) is 0 Å². The molecule has 0 aliphatic rings. The van der Waals surface area contributed by atoms with E-state index < -0.39 is 10.0 Å². The van der Waals surface area contributed by atoms with Gasteiger partial charge in [-0.1, -0.05) is 13.0 Å². The van der Waals surface area contributed by atoms with Crippen LogP contribution in [-0.4, -0.2) is 33.1 Å². The molecule has 0 saturated heterocycles. The molecule has 1 unspecified atom stereocenters. The van der Waals surface area contributed by atoms with Gasteiger partial charge in [0, 0.05) is 7.05 Å². The predicted octanol–water partition coefficient (Wildman–Crippen LogP) is 2.74. The molecule has 1 heterocycles. The van der Waals surface area contributed by atoms with E-state index in [0.29, 0.717) is 12.2 Å². The Morgan fingerprint density at radius 2 is 2.03 bits per heavy atom. The third-order valence-electron chi connectivity index (χ3n) is 4.11. The Bertz CT molecular complexity index is 944. The molecule has 0 aliphatic carbocycles. The molecule has 3 N–H and O–H groups in total. The van der Waals surface area contributed by atoms with Crippen LogP contribution in [0.1, 0.15) is 37.4 Å². The van der Waals surface area contributed by atoms with E-state index in [0.717, 1.165) is 12.0 Å². The molecule has 0 bridgehead atoms. The van der Waals surface area contributed by atoms with Gasteiger partial charge in [-0.2, -0.15) is 11.3 Å². The van der Waals surface area contributed by atoms with E-state index in [1.165, 1.54) is 13.1 Å². The molecule has 1 amide bonds. The topological polar surface area (TPSA) is 96.5 Å². The maximum Gasteiger partial charge on any atom is 0.267 e. The maximum atomic E-state index is 12.7. The Kier molecular flexibility index (Phi) is 8.42. The lowest BCUT2D eigenvalue weighted by Gasteiger charge is -2.17. The first-order valence-electron chi connectivity index (χ1n) is 9.12. The van der Waals surface area contributed by atoms with Gasteiger partial charge in [0.25, 0.3) is 10.0 Å². The minimum absolute atomic E-state index is 0.0304. The van der Waals surface area contributed by atoms with Gasteiger partial charge in [-0.05, 0) is 65.6 Å². The second-order valence-corrected chi connectivity index (χ2v) is 9.00. The van der Waals surface area contributed by atoms with E-state index in [1.54, 1.807) is 30.4 Å². The van der Waals surface area contributed by atoms with Crippen LogP contribution in [0.5, 0.6) is 5.75 Å². The molecule has 1 atom stereocenters. The zero-order valence-electron chi connectivity index (χ0n) is 16.5. The second kappa shape index (κ2) is 10.6. The molecule has 0 aliphatic heterocycles. The van der Waals surface area contributed by atoms with E-state index in [-0.39, 0.29) is 34.1 Å². The fourth-order valence-corrected chi connectivity index (χ4v) is 4.90. The van der Waals surface area contributed by atoms with Crippen molar-refractivity contribution in [2.45, 2.75) is 37.6 Å². The van der Waals surface area contributed by atoms with Crippen molar-refractivity contribution >= 4 is 44.6 Å². The number of benzene rings is 1. The third-order valence-corrected chi connectivity index (χ3v) is 6.61. The number of thiophene rings is 1. The molecule has 0 radical (unpaired) electrons. The summed E-state index contributed by atoms with van der Waals surface area (Å²) < 4.78 is 33.1. The van der Waals surface area contributed by atoms with E-state index in [1.807, 2.05) is 23.8 Å². The smallest absolute Gasteiger partial charge is 0.267 e. The standard InChI is InChI=1S/C19H25N3O4S3/c1-4-15(14-8-9-28-12-14)21-18(23)11-13-6-7-16(26-5-2)17(10-13)29(24,25)22-19(27)20-3/h6-10,12,15H,4-5,11H2,1-3H3,(H,21,23)(H2,20,22,27). The van der Waals surface area contributed by atoms with Crippen molar-refractivity contribution in [2.24, 2.45) is 0 Å². The molecule has 2 rings (SSSR count). The summed E-state index contributed by atoms with van der Waals surface area (Å²) in [5, 5.41) is 9.51. The minimum Gasteiger partial charge on any atom is -0.492 e. The Hall–Kier alpha value is -2.17. The summed E-state index contributed by atoms with van der Waals surface area (Å²) in [6.07, 6.45) is 0.808. The van der Waals surface area contributed by atoms with Crippen molar-refractivity contribution in [3.8, 4) is 5.75 Å². The summed E-state index contributed by atoms with van der Waals surface area (Å²) >= 11 is 6.49.